The number of carbonyl (C=O) groups excluding carboxylic acids is 2. The first kappa shape index (κ1) is 48.0. The molecule has 63 heavy (non-hydrogen) atoms. The van der Waals surface area contributed by atoms with Crippen molar-refractivity contribution in [2.75, 3.05) is 20.3 Å². The van der Waals surface area contributed by atoms with Gasteiger partial charge in [-0.2, -0.15) is 0 Å². The second-order valence-electron chi connectivity index (χ2n) is 21.3. The summed E-state index contributed by atoms with van der Waals surface area (Å²) in [6.07, 6.45) is -2.89. The molecule has 5 aliphatic carbocycles. The van der Waals surface area contributed by atoms with Crippen LogP contribution < -0.4 is 0 Å². The topological polar surface area (TPSA) is 259 Å². The van der Waals surface area contributed by atoms with Gasteiger partial charge in [-0.1, -0.05) is 52.3 Å². The van der Waals surface area contributed by atoms with E-state index in [0.717, 1.165) is 18.3 Å². The van der Waals surface area contributed by atoms with Gasteiger partial charge in [0.25, 0.3) is 0 Å². The summed E-state index contributed by atoms with van der Waals surface area (Å²) < 4.78 is 28.2. The number of hydrogen-bond donors (Lipinski definition) is 8. The maximum atomic E-state index is 14.0. The highest BCUT2D eigenvalue weighted by molar-refractivity contribution is 5.90. The van der Waals surface area contributed by atoms with Crippen LogP contribution in [-0.4, -0.2) is 134 Å². The smallest absolute Gasteiger partial charge is 0.337 e. The third-order valence-corrected chi connectivity index (χ3v) is 18.5. The summed E-state index contributed by atoms with van der Waals surface area (Å²) >= 11 is 0. The minimum Gasteiger partial charge on any atom is -0.481 e. The molecule has 7 aliphatic rings. The molecular formula is C47H70O16. The Hall–Kier alpha value is -2.93. The summed E-state index contributed by atoms with van der Waals surface area (Å²) in [6, 6.07) is 0. The molecule has 354 valence electrons. The number of allylic oxidation sites excluding steroid dienone is 1. The lowest BCUT2D eigenvalue weighted by Crippen LogP contribution is -2.69. The van der Waals surface area contributed by atoms with Crippen molar-refractivity contribution in [1.82, 2.24) is 0 Å². The first-order valence-electron chi connectivity index (χ1n) is 22.6. The highest BCUT2D eigenvalue weighted by atomic mass is 16.8. The normalized spacial score (nSPS) is 50.4. The Morgan fingerprint density at radius 2 is 1.63 bits per heavy atom. The largest absolute Gasteiger partial charge is 0.481 e. The van der Waals surface area contributed by atoms with E-state index in [2.05, 4.69) is 33.4 Å². The van der Waals surface area contributed by atoms with Crippen LogP contribution in [0, 0.1) is 62.6 Å². The van der Waals surface area contributed by atoms with Crippen molar-refractivity contribution < 1.29 is 78.9 Å². The number of esters is 2. The van der Waals surface area contributed by atoms with E-state index in [0.29, 0.717) is 44.9 Å². The molecule has 7 rings (SSSR count). The maximum absolute atomic E-state index is 14.0. The number of carbonyl (C=O) groups is 3. The van der Waals surface area contributed by atoms with Crippen LogP contribution in [0.25, 0.3) is 0 Å². The summed E-state index contributed by atoms with van der Waals surface area (Å²) in [5, 5.41) is 87.4. The molecule has 0 radical (unpaired) electrons. The van der Waals surface area contributed by atoms with E-state index < -0.39 is 125 Å². The molecule has 16 heteroatoms. The van der Waals surface area contributed by atoms with Gasteiger partial charge in [-0.25, -0.2) is 4.79 Å². The first-order chi connectivity index (χ1) is 29.4. The lowest BCUT2D eigenvalue weighted by Gasteiger charge is -2.72. The Bertz CT molecular complexity index is 1860. The number of ether oxygens (including phenoxy) is 5. The number of carboxylic acids is 1. The maximum Gasteiger partial charge on any atom is 0.337 e. The van der Waals surface area contributed by atoms with Crippen molar-refractivity contribution in [1.29, 1.82) is 0 Å². The van der Waals surface area contributed by atoms with Crippen LogP contribution in [0.1, 0.15) is 99.3 Å². The number of methoxy groups -OCH3 is 1. The summed E-state index contributed by atoms with van der Waals surface area (Å²) in [4.78, 5) is 40.2. The number of carboxylic acid groups (broad SMARTS) is 1. The van der Waals surface area contributed by atoms with Gasteiger partial charge in [0.1, 0.15) is 24.4 Å². The SMILES string of the molecule is C=C[C@H]1[C@H](O[C@H]2O[C@@H](CO)[C@H](O)[C@@H](O)[C@@H]2O)OC=C(C(=O)OC)[C@H]1CC(=O)OC[C@]1(C)[C@H]2CC[C@]3(C)[C@H](CC=C4[C@H]5[C@](C(=O)O)(CC[C@@H](C)[C@@]5(C)O)CC[C@]43C)[C@@]2(C)C[C@@H](O)[C@@H]1O. The van der Waals surface area contributed by atoms with E-state index in [-0.39, 0.29) is 35.3 Å². The first-order valence-corrected chi connectivity index (χ1v) is 22.6. The average Bonchev–Trinajstić information content (AvgIpc) is 3.23. The third kappa shape index (κ3) is 7.15. The highest BCUT2D eigenvalue weighted by Crippen LogP contribution is 2.76. The molecule has 1 saturated heterocycles. The average molecular weight is 891 g/mol. The minimum atomic E-state index is -1.75. The molecule has 0 spiro atoms. The summed E-state index contributed by atoms with van der Waals surface area (Å²) in [7, 11) is 1.17. The fourth-order valence-electron chi connectivity index (χ4n) is 14.4. The van der Waals surface area contributed by atoms with E-state index >= 15 is 0 Å². The lowest BCUT2D eigenvalue weighted by molar-refractivity contribution is -0.339. The van der Waals surface area contributed by atoms with Crippen LogP contribution in [-0.2, 0) is 38.1 Å². The monoisotopic (exact) mass is 890 g/mol. The molecule has 0 amide bonds. The third-order valence-electron chi connectivity index (χ3n) is 18.5. The number of aliphatic hydroxyl groups excluding tert-OH is 6. The molecular weight excluding hydrogens is 821 g/mol. The number of aliphatic carboxylic acids is 1. The standard InChI is InChI=1S/C47H70O16/c1-9-24-25(26(38(55)59-8)21-60-39(24)63-40-35(53)34(52)33(51)29(20-48)62-40)18-32(50)61-22-43(4)30-13-14-45(6)31(42(30,3)19-28(49)37(43)54)11-10-27-36-46(7,58)23(2)12-15-47(36,41(56)57)17-16-44(27,45)5/h9-10,21,23-25,28-31,33-37,39-40,48-49,51-54,58H,1,11-20,22H2,2-8H3,(H,56,57)/t23-,24-,25+,28-,29+,30+,31-,33+,34-,35+,36-,37+,39+,40-,42+,43-,44-,45-,46-,47+/m1/s1. The molecule has 0 aromatic heterocycles. The zero-order chi connectivity index (χ0) is 46.4. The molecule has 20 atom stereocenters. The predicted molar refractivity (Wildman–Crippen MR) is 222 cm³/mol. The van der Waals surface area contributed by atoms with Gasteiger partial charge in [0.05, 0.1) is 61.8 Å². The van der Waals surface area contributed by atoms with E-state index in [4.69, 9.17) is 23.7 Å². The van der Waals surface area contributed by atoms with Crippen LogP contribution in [0.5, 0.6) is 0 Å². The molecule has 0 unspecified atom stereocenters. The number of hydrogen-bond acceptors (Lipinski definition) is 15. The van der Waals surface area contributed by atoms with Crippen LogP contribution >= 0.6 is 0 Å². The summed E-state index contributed by atoms with van der Waals surface area (Å²) in [6.45, 7) is 15.3. The van der Waals surface area contributed by atoms with Crippen molar-refractivity contribution in [2.45, 2.75) is 154 Å². The molecule has 4 saturated carbocycles. The summed E-state index contributed by atoms with van der Waals surface area (Å²) in [5.41, 5.74) is -3.72. The minimum absolute atomic E-state index is 0.00179. The van der Waals surface area contributed by atoms with Gasteiger partial charge in [0.15, 0.2) is 6.29 Å². The quantitative estimate of drug-likeness (QED) is 0.116. The molecule has 5 fully saturated rings. The molecule has 0 aromatic rings. The molecule has 0 aromatic carbocycles. The van der Waals surface area contributed by atoms with Crippen molar-refractivity contribution in [3.63, 3.8) is 0 Å². The second-order valence-corrected chi connectivity index (χ2v) is 21.3. The van der Waals surface area contributed by atoms with E-state index in [1.54, 1.807) is 0 Å². The fraction of sp³-hybridized carbons (Fsp3) is 0.809. The number of rotatable bonds is 10. The van der Waals surface area contributed by atoms with Gasteiger partial charge in [0, 0.05) is 23.2 Å². The molecule has 0 bridgehead atoms. The van der Waals surface area contributed by atoms with Gasteiger partial charge in [-0.3, -0.25) is 9.59 Å². The molecule has 2 heterocycles. The Morgan fingerprint density at radius 3 is 2.27 bits per heavy atom. The number of aliphatic hydroxyl groups is 7. The Kier molecular flexibility index (Phi) is 12.8. The lowest BCUT2D eigenvalue weighted by atomic mass is 9.33. The fourth-order valence-corrected chi connectivity index (χ4v) is 14.4. The van der Waals surface area contributed by atoms with Gasteiger partial charge in [0.2, 0.25) is 6.29 Å². The van der Waals surface area contributed by atoms with Gasteiger partial charge in [-0.15, -0.1) is 6.58 Å². The van der Waals surface area contributed by atoms with Gasteiger partial charge >= 0.3 is 17.9 Å². The van der Waals surface area contributed by atoms with Crippen LogP contribution in [0.15, 0.2) is 36.1 Å². The molecule has 2 aliphatic heterocycles. The Morgan fingerprint density at radius 1 is 0.937 bits per heavy atom. The van der Waals surface area contributed by atoms with Crippen LogP contribution in [0.4, 0.5) is 0 Å². The van der Waals surface area contributed by atoms with Crippen LogP contribution in [0.3, 0.4) is 0 Å². The Balaban J connectivity index is 1.13. The van der Waals surface area contributed by atoms with Gasteiger partial charge in [-0.05, 0) is 92.3 Å². The van der Waals surface area contributed by atoms with Crippen molar-refractivity contribution in [3.05, 3.63) is 36.1 Å². The molecule has 16 nitrogen and oxygen atoms in total. The zero-order valence-corrected chi connectivity index (χ0v) is 37.6. The Labute approximate surface area is 369 Å². The van der Waals surface area contributed by atoms with E-state index in [1.807, 2.05) is 20.8 Å². The second kappa shape index (κ2) is 16.7. The van der Waals surface area contributed by atoms with Crippen molar-refractivity contribution in [2.24, 2.45) is 62.6 Å². The predicted octanol–water partition coefficient (Wildman–Crippen LogP) is 2.74. The zero-order valence-electron chi connectivity index (χ0n) is 37.6. The number of fused-ring (bicyclic) bond motifs is 7. The summed E-state index contributed by atoms with van der Waals surface area (Å²) in [5.74, 6) is -5.16. The molecule has 8 N–H and O–H groups in total. The van der Waals surface area contributed by atoms with Gasteiger partial charge < -0.3 is 64.5 Å². The van der Waals surface area contributed by atoms with E-state index in [9.17, 15) is 55.2 Å². The van der Waals surface area contributed by atoms with Crippen molar-refractivity contribution in [3.8, 4) is 0 Å². The van der Waals surface area contributed by atoms with Crippen molar-refractivity contribution >= 4 is 17.9 Å². The van der Waals surface area contributed by atoms with E-state index in [1.165, 1.54) is 13.2 Å². The van der Waals surface area contributed by atoms with Crippen LogP contribution in [0.2, 0.25) is 0 Å². The highest BCUT2D eigenvalue weighted by Gasteiger charge is 2.72.